The summed E-state index contributed by atoms with van der Waals surface area (Å²) in [4.78, 5) is 95.8. The lowest BCUT2D eigenvalue weighted by molar-refractivity contribution is -0.226. The first-order valence-electron chi connectivity index (χ1n) is 42.6. The predicted molar refractivity (Wildman–Crippen MR) is 409 cm³/mol. The van der Waals surface area contributed by atoms with Crippen LogP contribution in [0.5, 0.6) is 0 Å². The summed E-state index contributed by atoms with van der Waals surface area (Å²) in [6.45, 7) is 43.9. The Kier molecular flexibility index (Phi) is 25.9. The monoisotopic (exact) mass is 1500 g/mol. The van der Waals surface area contributed by atoms with Gasteiger partial charge in [-0.2, -0.15) is 0 Å². The summed E-state index contributed by atoms with van der Waals surface area (Å²) in [5.74, 6) is 6.82. The molecule has 2 aliphatic heterocycles. The van der Waals surface area contributed by atoms with Crippen molar-refractivity contribution in [2.75, 3.05) is 13.2 Å². The minimum Gasteiger partial charge on any atom is -0.463 e. The molecule has 6 unspecified atom stereocenters. The van der Waals surface area contributed by atoms with Gasteiger partial charge in [0.2, 0.25) is 12.2 Å². The van der Waals surface area contributed by atoms with Crippen molar-refractivity contribution in [3.05, 3.63) is 0 Å². The van der Waals surface area contributed by atoms with Gasteiger partial charge in [0.15, 0.2) is 0 Å². The molecular weight excluding hydrogens is 1360 g/mol. The van der Waals surface area contributed by atoms with Crippen LogP contribution in [0.15, 0.2) is 0 Å². The summed E-state index contributed by atoms with van der Waals surface area (Å²) >= 11 is 0. The van der Waals surface area contributed by atoms with Crippen LogP contribution in [0.4, 0.5) is 0 Å². The highest BCUT2D eigenvalue weighted by atomic mass is 16.6. The van der Waals surface area contributed by atoms with E-state index in [1.165, 1.54) is 77.0 Å². The van der Waals surface area contributed by atoms with E-state index in [-0.39, 0.29) is 69.1 Å². The first-order chi connectivity index (χ1) is 49.5. The van der Waals surface area contributed by atoms with E-state index < -0.39 is 62.4 Å². The fourth-order valence-electron chi connectivity index (χ4n) is 21.8. The molecule has 2 saturated heterocycles. The number of carbonyl (C=O) groups excluding carboxylic acids is 8. The number of carbonyl (C=O) groups is 8. The molecule has 18 fully saturated rings. The van der Waals surface area contributed by atoms with E-state index in [9.17, 15) is 48.6 Å². The van der Waals surface area contributed by atoms with Crippen molar-refractivity contribution < 1.29 is 86.5 Å². The van der Waals surface area contributed by atoms with Gasteiger partial charge in [0, 0.05) is 24.7 Å². The van der Waals surface area contributed by atoms with Gasteiger partial charge >= 0.3 is 47.8 Å². The molecule has 107 heavy (non-hydrogen) atoms. The van der Waals surface area contributed by atoms with E-state index in [2.05, 4.69) is 27.7 Å². The number of esters is 8. The Balaban J connectivity index is 0.000000149. The third kappa shape index (κ3) is 19.0. The number of rotatable bonds is 19. The standard InChI is InChI=1S/C18H30O2.C17H28O2.2C16H26O3.C12H20O4.C10H16O4/c1-5-17(3,4)16(19)20-18(6-2)14-8-12-7-13(10-14)11-15(18)9-12;1-5-16(2,3)15(18)19-17(4)13-7-11-6-12(9-13)10-14(17)8-11;2*1-4-14(2,3)13(17)19-16-8-11-5-12(9-16)7-15(18,6-11)10-16;1-6-11(2,3)10(14)16-8-9(13)15-7-12(8,4)5;1-4-10(2,3)9(12)14-7-5-6-13-8(7)11/h12-15H,5-11H2,1-4H3;11-14H,5-10H2,1-4H3;2*11-12,18H,4-10H2,1-3H3;8H,6-7H2,1-5H3;7H,4-6H2,1-3H3. The summed E-state index contributed by atoms with van der Waals surface area (Å²) in [6.07, 6.45) is 29.3. The van der Waals surface area contributed by atoms with E-state index >= 15 is 0 Å². The number of ether oxygens (including phenoxy) is 8. The normalized spacial score (nSPS) is 38.1. The summed E-state index contributed by atoms with van der Waals surface area (Å²) in [5, 5.41) is 21.3. The van der Waals surface area contributed by atoms with Crippen LogP contribution in [0.3, 0.4) is 0 Å². The van der Waals surface area contributed by atoms with Crippen LogP contribution in [0.2, 0.25) is 0 Å². The molecule has 610 valence electrons. The number of aliphatic hydroxyl groups is 2. The van der Waals surface area contributed by atoms with Gasteiger partial charge in [-0.3, -0.25) is 28.8 Å². The lowest BCUT2D eigenvalue weighted by Crippen LogP contribution is -2.61. The lowest BCUT2D eigenvalue weighted by Gasteiger charge is -2.60. The van der Waals surface area contributed by atoms with E-state index in [0.29, 0.717) is 92.7 Å². The minimum absolute atomic E-state index is 0.0185. The maximum atomic E-state index is 12.6. The minimum atomic E-state index is -0.772. The molecule has 18 aliphatic rings. The molecule has 16 bridgehead atoms. The Morgan fingerprint density at radius 2 is 0.692 bits per heavy atom. The molecule has 6 atom stereocenters. The second-order valence-electron chi connectivity index (χ2n) is 42.1. The third-order valence-electron chi connectivity index (χ3n) is 30.5. The van der Waals surface area contributed by atoms with Crippen LogP contribution in [-0.2, 0) is 76.3 Å². The fraction of sp³-hybridized carbons (Fsp3) is 0.910. The molecule has 18 rings (SSSR count). The molecule has 18 heteroatoms. The maximum absolute atomic E-state index is 12.6. The average molecular weight is 1500 g/mol. The number of hydrogen-bond acceptors (Lipinski definition) is 18. The van der Waals surface area contributed by atoms with Crippen LogP contribution in [0.25, 0.3) is 0 Å². The van der Waals surface area contributed by atoms with Gasteiger partial charge in [-0.25, -0.2) is 9.59 Å². The highest BCUT2D eigenvalue weighted by Gasteiger charge is 2.64. The average Bonchev–Trinajstić information content (AvgIpc) is 1.67. The molecule has 0 aromatic heterocycles. The third-order valence-corrected chi connectivity index (χ3v) is 30.5. The van der Waals surface area contributed by atoms with E-state index in [1.54, 1.807) is 13.8 Å². The summed E-state index contributed by atoms with van der Waals surface area (Å²) < 4.78 is 44.3. The molecule has 0 aromatic carbocycles. The van der Waals surface area contributed by atoms with Crippen molar-refractivity contribution >= 4 is 47.8 Å². The molecule has 2 heterocycles. The topological polar surface area (TPSA) is 251 Å². The van der Waals surface area contributed by atoms with Crippen molar-refractivity contribution in [2.45, 2.75) is 391 Å². The molecule has 0 aromatic rings. The van der Waals surface area contributed by atoms with E-state index in [0.717, 1.165) is 107 Å². The second-order valence-corrected chi connectivity index (χ2v) is 42.1. The highest BCUT2D eigenvalue weighted by molar-refractivity contribution is 5.84. The van der Waals surface area contributed by atoms with Crippen LogP contribution >= 0.6 is 0 Å². The molecule has 16 aliphatic carbocycles. The highest BCUT2D eigenvalue weighted by Crippen LogP contribution is 2.64. The van der Waals surface area contributed by atoms with Crippen LogP contribution in [0, 0.1) is 109 Å². The Morgan fingerprint density at radius 3 is 0.991 bits per heavy atom. The molecule has 2 N–H and O–H groups in total. The van der Waals surface area contributed by atoms with Gasteiger partial charge in [-0.05, 0) is 334 Å². The second kappa shape index (κ2) is 31.9. The van der Waals surface area contributed by atoms with Crippen molar-refractivity contribution in [1.29, 1.82) is 0 Å². The van der Waals surface area contributed by atoms with Crippen LogP contribution in [0.1, 0.15) is 345 Å². The zero-order valence-corrected chi connectivity index (χ0v) is 70.6. The molecule has 0 amide bonds. The SMILES string of the molecule is CCC(C)(C)C(=O)OC1(C)C2CC3CC(C2)CC1C3.CCC(C)(C)C(=O)OC1(CC)C2CC3CC(C2)CC1C3.CCC(C)(C)C(=O)OC12CC3CC(CC(O)(C3)C1)C2.CCC(C)(C)C(=O)OC12CC3CC(CC(O)(C3)C1)C2.CCC(C)(C)C(=O)OC1C(=O)OCC1(C)C.CCC(C)(C)C(=O)OC1CCOC1=O. The quantitative estimate of drug-likeness (QED) is 0.0900. The molecule has 18 nitrogen and oxygen atoms in total. The van der Waals surface area contributed by atoms with E-state index in [4.69, 9.17) is 37.9 Å². The molecule has 0 spiro atoms. The first-order valence-corrected chi connectivity index (χ1v) is 42.6. The van der Waals surface area contributed by atoms with Gasteiger partial charge in [0.05, 0.1) is 50.3 Å². The van der Waals surface area contributed by atoms with Gasteiger partial charge in [-0.1, -0.05) is 62.3 Å². The Morgan fingerprint density at radius 1 is 0.383 bits per heavy atom. The molecular formula is C89H146O18. The van der Waals surface area contributed by atoms with Gasteiger partial charge < -0.3 is 48.1 Å². The number of cyclic esters (lactones) is 2. The zero-order chi connectivity index (χ0) is 79.5. The first kappa shape index (κ1) is 86.7. The van der Waals surface area contributed by atoms with Crippen molar-refractivity contribution in [3.63, 3.8) is 0 Å². The Bertz CT molecular complexity index is 3040. The Labute approximate surface area is 644 Å². The zero-order valence-electron chi connectivity index (χ0n) is 70.6. The maximum Gasteiger partial charge on any atom is 0.348 e. The van der Waals surface area contributed by atoms with Crippen LogP contribution < -0.4 is 0 Å². The fourth-order valence-corrected chi connectivity index (χ4v) is 21.8. The van der Waals surface area contributed by atoms with Crippen LogP contribution in [-0.4, -0.2) is 117 Å². The predicted octanol–water partition coefficient (Wildman–Crippen LogP) is 18.0. The van der Waals surface area contributed by atoms with Gasteiger partial charge in [0.25, 0.3) is 0 Å². The Hall–Kier alpha value is -4.32. The van der Waals surface area contributed by atoms with Gasteiger partial charge in [0.1, 0.15) is 29.0 Å². The van der Waals surface area contributed by atoms with Crippen molar-refractivity contribution in [3.8, 4) is 0 Å². The largest absolute Gasteiger partial charge is 0.463 e. The lowest BCUT2D eigenvalue weighted by atomic mass is 9.49. The summed E-state index contributed by atoms with van der Waals surface area (Å²) in [5.41, 5.74) is -5.13. The number of hydrogen-bond donors (Lipinski definition) is 2. The summed E-state index contributed by atoms with van der Waals surface area (Å²) in [7, 11) is 0. The van der Waals surface area contributed by atoms with Crippen molar-refractivity contribution in [1.82, 2.24) is 0 Å². The molecule has 16 saturated carbocycles. The summed E-state index contributed by atoms with van der Waals surface area (Å²) in [6, 6.07) is 0. The van der Waals surface area contributed by atoms with Gasteiger partial charge in [-0.15, -0.1) is 0 Å². The molecule has 0 radical (unpaired) electrons. The van der Waals surface area contributed by atoms with E-state index in [1.807, 2.05) is 111 Å². The van der Waals surface area contributed by atoms with Crippen molar-refractivity contribution in [2.24, 2.45) is 109 Å². The smallest absolute Gasteiger partial charge is 0.348 e.